The Labute approximate surface area is 167 Å². The number of hydrogen-bond donors (Lipinski definition) is 1. The van der Waals surface area contributed by atoms with Crippen LogP contribution in [0.25, 0.3) is 0 Å². The average Bonchev–Trinajstić information content (AvgIpc) is 2.63. The maximum atomic E-state index is 13.0. The number of amides is 1. The third-order valence-corrected chi connectivity index (χ3v) is 6.38. The third kappa shape index (κ3) is 4.91. The Morgan fingerprint density at radius 3 is 2.14 bits per heavy atom. The van der Waals surface area contributed by atoms with Crippen molar-refractivity contribution in [2.24, 2.45) is 0 Å². The van der Waals surface area contributed by atoms with E-state index < -0.39 is 10.0 Å². The minimum atomic E-state index is -3.73. The second-order valence-electron chi connectivity index (χ2n) is 6.51. The Bertz CT molecular complexity index is 931. The highest BCUT2D eigenvalue weighted by atomic mass is 32.2. The summed E-state index contributed by atoms with van der Waals surface area (Å²) < 4.78 is 32.9. The quantitative estimate of drug-likeness (QED) is 0.722. The van der Waals surface area contributed by atoms with E-state index in [1.165, 1.54) is 10.4 Å². The van der Waals surface area contributed by atoms with Crippen molar-refractivity contribution in [3.05, 3.63) is 53.1 Å². The van der Waals surface area contributed by atoms with Gasteiger partial charge in [0.2, 0.25) is 10.0 Å². The zero-order chi connectivity index (χ0) is 20.9. The van der Waals surface area contributed by atoms with Crippen LogP contribution < -0.4 is 10.1 Å². The van der Waals surface area contributed by atoms with Gasteiger partial charge < -0.3 is 10.1 Å². The Morgan fingerprint density at radius 1 is 1.00 bits per heavy atom. The molecular weight excluding hydrogens is 376 g/mol. The van der Waals surface area contributed by atoms with Crippen molar-refractivity contribution in [1.29, 1.82) is 0 Å². The lowest BCUT2D eigenvalue weighted by atomic mass is 10.1. The van der Waals surface area contributed by atoms with E-state index >= 15 is 0 Å². The van der Waals surface area contributed by atoms with E-state index in [0.29, 0.717) is 30.9 Å². The Morgan fingerprint density at radius 2 is 1.61 bits per heavy atom. The molecule has 0 heterocycles. The Balaban J connectivity index is 2.43. The highest BCUT2D eigenvalue weighted by Crippen LogP contribution is 2.30. The highest BCUT2D eigenvalue weighted by Gasteiger charge is 2.26. The number of sulfonamides is 1. The van der Waals surface area contributed by atoms with Crippen LogP contribution in [-0.2, 0) is 10.0 Å². The highest BCUT2D eigenvalue weighted by molar-refractivity contribution is 7.89. The van der Waals surface area contributed by atoms with Gasteiger partial charge in [-0.15, -0.1) is 0 Å². The number of ether oxygens (including phenoxy) is 1. The summed E-state index contributed by atoms with van der Waals surface area (Å²) in [6.07, 6.45) is 0. The first-order chi connectivity index (χ1) is 13.2. The number of hydrogen-bond acceptors (Lipinski definition) is 4. The molecule has 0 radical (unpaired) electrons. The van der Waals surface area contributed by atoms with Gasteiger partial charge in [0.25, 0.3) is 5.91 Å². The number of nitrogens with zero attached hydrogens (tertiary/aromatic N) is 1. The predicted molar refractivity (Wildman–Crippen MR) is 112 cm³/mol. The number of nitrogens with one attached hydrogen (secondary N) is 1. The smallest absolute Gasteiger partial charge is 0.255 e. The number of aryl methyl sites for hydroxylation is 2. The van der Waals surface area contributed by atoms with Crippen LogP contribution in [0.1, 0.15) is 42.3 Å². The second kappa shape index (κ2) is 9.21. The third-order valence-electron chi connectivity index (χ3n) is 4.31. The van der Waals surface area contributed by atoms with Crippen molar-refractivity contribution in [3.63, 3.8) is 0 Å². The molecule has 0 fully saturated rings. The van der Waals surface area contributed by atoms with Gasteiger partial charge in [-0.05, 0) is 51.1 Å². The van der Waals surface area contributed by atoms with Crippen LogP contribution in [-0.4, -0.2) is 38.3 Å². The lowest BCUT2D eigenvalue weighted by molar-refractivity contribution is 0.102. The topological polar surface area (TPSA) is 75.7 Å². The maximum Gasteiger partial charge on any atom is 0.255 e. The van der Waals surface area contributed by atoms with Gasteiger partial charge in [-0.25, -0.2) is 8.42 Å². The summed E-state index contributed by atoms with van der Waals surface area (Å²) in [5.41, 5.74) is 2.90. The first-order valence-corrected chi connectivity index (χ1v) is 10.8. The molecule has 1 amide bonds. The van der Waals surface area contributed by atoms with E-state index in [1.54, 1.807) is 45.0 Å². The van der Waals surface area contributed by atoms with E-state index in [9.17, 15) is 13.2 Å². The summed E-state index contributed by atoms with van der Waals surface area (Å²) in [5, 5.41) is 2.79. The monoisotopic (exact) mass is 404 g/mol. The van der Waals surface area contributed by atoms with Crippen LogP contribution in [0.2, 0.25) is 0 Å². The largest absolute Gasteiger partial charge is 0.492 e. The van der Waals surface area contributed by atoms with Gasteiger partial charge in [-0.3, -0.25) is 4.79 Å². The fourth-order valence-corrected chi connectivity index (χ4v) is 4.69. The zero-order valence-electron chi connectivity index (χ0n) is 17.1. The summed E-state index contributed by atoms with van der Waals surface area (Å²) in [6, 6.07) is 10.3. The van der Waals surface area contributed by atoms with E-state index in [-0.39, 0.29) is 16.6 Å². The SMILES string of the molecule is CCOc1ccc(NC(=O)c2cc(C)cc(C)c2)cc1S(=O)(=O)N(CC)CC. The molecule has 7 heteroatoms. The van der Waals surface area contributed by atoms with Gasteiger partial charge in [-0.1, -0.05) is 31.0 Å². The molecular formula is C21H28N2O4S. The number of carbonyl (C=O) groups excluding carboxylic acids is 1. The van der Waals surface area contributed by atoms with Gasteiger partial charge in [0.05, 0.1) is 6.61 Å². The van der Waals surface area contributed by atoms with E-state index in [2.05, 4.69) is 5.32 Å². The molecule has 152 valence electrons. The summed E-state index contributed by atoms with van der Waals surface area (Å²) in [6.45, 7) is 10.3. The van der Waals surface area contributed by atoms with Crippen molar-refractivity contribution in [2.45, 2.75) is 39.5 Å². The molecule has 2 aromatic carbocycles. The van der Waals surface area contributed by atoms with Crippen molar-refractivity contribution in [2.75, 3.05) is 25.0 Å². The number of anilines is 1. The van der Waals surface area contributed by atoms with Gasteiger partial charge in [0, 0.05) is 24.3 Å². The van der Waals surface area contributed by atoms with Gasteiger partial charge in [0.15, 0.2) is 0 Å². The molecule has 0 aliphatic rings. The minimum absolute atomic E-state index is 0.0521. The molecule has 0 unspecified atom stereocenters. The van der Waals surface area contributed by atoms with Crippen LogP contribution in [0.15, 0.2) is 41.3 Å². The van der Waals surface area contributed by atoms with Crippen molar-refractivity contribution in [1.82, 2.24) is 4.31 Å². The molecule has 28 heavy (non-hydrogen) atoms. The predicted octanol–water partition coefficient (Wildman–Crippen LogP) is 3.98. The maximum absolute atomic E-state index is 13.0. The van der Waals surface area contributed by atoms with E-state index in [4.69, 9.17) is 4.74 Å². The normalized spacial score (nSPS) is 11.5. The van der Waals surface area contributed by atoms with Gasteiger partial charge in [-0.2, -0.15) is 4.31 Å². The Kier molecular flexibility index (Phi) is 7.21. The molecule has 0 saturated carbocycles. The van der Waals surface area contributed by atoms with E-state index in [1.807, 2.05) is 19.9 Å². The molecule has 0 atom stereocenters. The molecule has 6 nitrogen and oxygen atoms in total. The molecule has 0 aliphatic carbocycles. The number of carbonyl (C=O) groups is 1. The average molecular weight is 405 g/mol. The van der Waals surface area contributed by atoms with Crippen LogP contribution >= 0.6 is 0 Å². The first-order valence-electron chi connectivity index (χ1n) is 9.39. The summed E-state index contributed by atoms with van der Waals surface area (Å²) in [5.74, 6) is -0.0130. The standard InChI is InChI=1S/C21H28N2O4S/c1-6-23(7-2)28(25,26)20-14-18(9-10-19(20)27-8-3)22-21(24)17-12-15(4)11-16(5)13-17/h9-14H,6-8H2,1-5H3,(H,22,24). The zero-order valence-corrected chi connectivity index (χ0v) is 17.9. The van der Waals surface area contributed by atoms with Crippen LogP contribution in [0.5, 0.6) is 5.75 Å². The fraction of sp³-hybridized carbons (Fsp3) is 0.381. The summed E-state index contributed by atoms with van der Waals surface area (Å²) in [7, 11) is -3.73. The number of benzene rings is 2. The van der Waals surface area contributed by atoms with Crippen molar-refractivity contribution >= 4 is 21.6 Å². The summed E-state index contributed by atoms with van der Waals surface area (Å²) in [4.78, 5) is 12.7. The lowest BCUT2D eigenvalue weighted by Gasteiger charge is -2.21. The van der Waals surface area contributed by atoms with E-state index in [0.717, 1.165) is 11.1 Å². The summed E-state index contributed by atoms with van der Waals surface area (Å²) >= 11 is 0. The molecule has 0 saturated heterocycles. The van der Waals surface area contributed by atoms with Crippen LogP contribution in [0.3, 0.4) is 0 Å². The van der Waals surface area contributed by atoms with Crippen molar-refractivity contribution in [3.8, 4) is 5.75 Å². The molecule has 2 aromatic rings. The lowest BCUT2D eigenvalue weighted by Crippen LogP contribution is -2.31. The van der Waals surface area contributed by atoms with Crippen LogP contribution in [0, 0.1) is 13.8 Å². The van der Waals surface area contributed by atoms with Crippen molar-refractivity contribution < 1.29 is 17.9 Å². The molecule has 1 N–H and O–H groups in total. The first kappa shape index (κ1) is 21.9. The second-order valence-corrected chi connectivity index (χ2v) is 8.42. The molecule has 0 aliphatic heterocycles. The molecule has 2 rings (SSSR count). The molecule has 0 spiro atoms. The minimum Gasteiger partial charge on any atom is -0.492 e. The van der Waals surface area contributed by atoms with Gasteiger partial charge >= 0.3 is 0 Å². The number of rotatable bonds is 8. The molecule has 0 aromatic heterocycles. The molecule has 0 bridgehead atoms. The van der Waals surface area contributed by atoms with Crippen LogP contribution in [0.4, 0.5) is 5.69 Å². The fourth-order valence-electron chi connectivity index (χ4n) is 3.07. The Hall–Kier alpha value is -2.38. The van der Waals surface area contributed by atoms with Gasteiger partial charge in [0.1, 0.15) is 10.6 Å².